The van der Waals surface area contributed by atoms with Gasteiger partial charge in [-0.05, 0) is 6.07 Å². The van der Waals surface area contributed by atoms with Gasteiger partial charge in [0, 0.05) is 25.0 Å². The Balaban J connectivity index is 2.67. The number of rotatable bonds is 2. The Bertz CT molecular complexity index is 205. The molecular formula is C7H9N3. The van der Waals surface area contributed by atoms with Crippen LogP contribution in [0.3, 0.4) is 0 Å². The summed E-state index contributed by atoms with van der Waals surface area (Å²) in [5, 5.41) is 3.83. The molecule has 10 heavy (non-hydrogen) atoms. The van der Waals surface area contributed by atoms with Gasteiger partial charge in [-0.2, -0.15) is 5.10 Å². The number of pyridine rings is 1. The summed E-state index contributed by atoms with van der Waals surface area (Å²) in [5.74, 6) is 0. The van der Waals surface area contributed by atoms with Gasteiger partial charge in [0.15, 0.2) is 0 Å². The first kappa shape index (κ1) is 6.74. The standard InChI is InChI=1S/C7H9N3/c1-8-10-6-7-3-2-4-9-5-7/h2-6,8H,1H3/b10-6-. The molecule has 1 aromatic rings. The van der Waals surface area contributed by atoms with E-state index in [2.05, 4.69) is 15.5 Å². The minimum Gasteiger partial charge on any atom is -0.313 e. The first-order valence-corrected chi connectivity index (χ1v) is 3.03. The van der Waals surface area contributed by atoms with Gasteiger partial charge in [0.1, 0.15) is 0 Å². The monoisotopic (exact) mass is 135 g/mol. The smallest absolute Gasteiger partial charge is 0.0555 e. The van der Waals surface area contributed by atoms with Crippen LogP contribution in [0.25, 0.3) is 0 Å². The highest BCUT2D eigenvalue weighted by atomic mass is 15.3. The van der Waals surface area contributed by atoms with Crippen LogP contribution in [-0.4, -0.2) is 18.2 Å². The molecule has 0 bridgehead atoms. The fraction of sp³-hybridized carbons (Fsp3) is 0.143. The van der Waals surface area contributed by atoms with Crippen molar-refractivity contribution >= 4 is 6.21 Å². The largest absolute Gasteiger partial charge is 0.313 e. The maximum absolute atomic E-state index is 3.92. The van der Waals surface area contributed by atoms with Crippen LogP contribution in [-0.2, 0) is 0 Å². The second-order valence-electron chi connectivity index (χ2n) is 1.77. The van der Waals surface area contributed by atoms with E-state index in [1.807, 2.05) is 12.1 Å². The Morgan fingerprint density at radius 2 is 2.60 bits per heavy atom. The van der Waals surface area contributed by atoms with Gasteiger partial charge >= 0.3 is 0 Å². The molecule has 0 atom stereocenters. The zero-order valence-electron chi connectivity index (χ0n) is 5.78. The van der Waals surface area contributed by atoms with Crippen LogP contribution >= 0.6 is 0 Å². The van der Waals surface area contributed by atoms with E-state index in [0.29, 0.717) is 0 Å². The molecule has 1 N–H and O–H groups in total. The molecule has 0 fully saturated rings. The molecule has 0 unspecified atom stereocenters. The predicted octanol–water partition coefficient (Wildman–Crippen LogP) is 0.635. The lowest BCUT2D eigenvalue weighted by Crippen LogP contribution is -1.94. The van der Waals surface area contributed by atoms with Crippen molar-refractivity contribution in [2.75, 3.05) is 7.05 Å². The van der Waals surface area contributed by atoms with Crippen molar-refractivity contribution in [2.24, 2.45) is 5.10 Å². The summed E-state index contributed by atoms with van der Waals surface area (Å²) in [5.41, 5.74) is 3.65. The molecule has 0 saturated heterocycles. The number of hydrogen-bond acceptors (Lipinski definition) is 3. The van der Waals surface area contributed by atoms with Crippen LogP contribution in [0.1, 0.15) is 5.56 Å². The Labute approximate surface area is 59.8 Å². The van der Waals surface area contributed by atoms with Gasteiger partial charge in [0.2, 0.25) is 0 Å². The normalized spacial score (nSPS) is 10.1. The second kappa shape index (κ2) is 3.61. The van der Waals surface area contributed by atoms with Crippen molar-refractivity contribution in [1.82, 2.24) is 10.4 Å². The fourth-order valence-corrected chi connectivity index (χ4v) is 0.591. The Kier molecular flexibility index (Phi) is 2.43. The van der Waals surface area contributed by atoms with E-state index in [1.165, 1.54) is 0 Å². The van der Waals surface area contributed by atoms with Crippen LogP contribution < -0.4 is 5.43 Å². The highest BCUT2D eigenvalue weighted by Crippen LogP contribution is 1.88. The number of aromatic nitrogens is 1. The molecule has 3 nitrogen and oxygen atoms in total. The zero-order valence-corrected chi connectivity index (χ0v) is 5.78. The highest BCUT2D eigenvalue weighted by molar-refractivity contribution is 5.78. The Morgan fingerprint density at radius 1 is 1.70 bits per heavy atom. The SMILES string of the molecule is CN/N=C\c1cccnc1. The van der Waals surface area contributed by atoms with Gasteiger partial charge < -0.3 is 5.43 Å². The third kappa shape index (κ3) is 1.85. The van der Waals surface area contributed by atoms with Gasteiger partial charge in [0.25, 0.3) is 0 Å². The molecule has 52 valence electrons. The van der Waals surface area contributed by atoms with E-state index in [4.69, 9.17) is 0 Å². The van der Waals surface area contributed by atoms with Crippen molar-refractivity contribution in [3.05, 3.63) is 30.1 Å². The Hall–Kier alpha value is -1.38. The minimum absolute atomic E-state index is 0.997. The number of nitrogens with one attached hydrogen (secondary N) is 1. The van der Waals surface area contributed by atoms with Crippen molar-refractivity contribution in [3.8, 4) is 0 Å². The molecule has 0 aliphatic rings. The summed E-state index contributed by atoms with van der Waals surface area (Å²) < 4.78 is 0. The van der Waals surface area contributed by atoms with Crippen LogP contribution in [0.5, 0.6) is 0 Å². The molecule has 0 aliphatic carbocycles. The molecule has 0 spiro atoms. The minimum atomic E-state index is 0.997. The van der Waals surface area contributed by atoms with E-state index in [-0.39, 0.29) is 0 Å². The van der Waals surface area contributed by atoms with Crippen molar-refractivity contribution in [2.45, 2.75) is 0 Å². The van der Waals surface area contributed by atoms with Crippen molar-refractivity contribution in [3.63, 3.8) is 0 Å². The van der Waals surface area contributed by atoms with Crippen LogP contribution in [0.4, 0.5) is 0 Å². The van der Waals surface area contributed by atoms with Crippen LogP contribution in [0.15, 0.2) is 29.6 Å². The third-order valence-corrected chi connectivity index (χ3v) is 1.03. The fourth-order valence-electron chi connectivity index (χ4n) is 0.591. The molecule has 1 aromatic heterocycles. The first-order chi connectivity index (χ1) is 4.93. The maximum Gasteiger partial charge on any atom is 0.0555 e. The molecule has 1 heterocycles. The van der Waals surface area contributed by atoms with Gasteiger partial charge in [-0.1, -0.05) is 6.07 Å². The Morgan fingerprint density at radius 3 is 3.20 bits per heavy atom. The quantitative estimate of drug-likeness (QED) is 0.477. The molecule has 0 radical (unpaired) electrons. The van der Waals surface area contributed by atoms with E-state index in [9.17, 15) is 0 Å². The lowest BCUT2D eigenvalue weighted by atomic mass is 10.3. The molecule has 0 aliphatic heterocycles. The summed E-state index contributed by atoms with van der Waals surface area (Å²) >= 11 is 0. The summed E-state index contributed by atoms with van der Waals surface area (Å²) in [4.78, 5) is 3.92. The molecule has 0 amide bonds. The van der Waals surface area contributed by atoms with E-state index in [0.717, 1.165) is 5.56 Å². The van der Waals surface area contributed by atoms with E-state index < -0.39 is 0 Å². The number of hydrazone groups is 1. The first-order valence-electron chi connectivity index (χ1n) is 3.03. The maximum atomic E-state index is 3.92. The topological polar surface area (TPSA) is 37.3 Å². The summed E-state index contributed by atoms with van der Waals surface area (Å²) in [7, 11) is 1.76. The average molecular weight is 135 g/mol. The molecule has 3 heteroatoms. The third-order valence-electron chi connectivity index (χ3n) is 1.03. The van der Waals surface area contributed by atoms with Gasteiger partial charge in [-0.15, -0.1) is 0 Å². The summed E-state index contributed by atoms with van der Waals surface area (Å²) in [6.07, 6.45) is 5.20. The lowest BCUT2D eigenvalue weighted by molar-refractivity contribution is 0.908. The van der Waals surface area contributed by atoms with E-state index >= 15 is 0 Å². The lowest BCUT2D eigenvalue weighted by Gasteiger charge is -1.88. The molecular weight excluding hydrogens is 126 g/mol. The van der Waals surface area contributed by atoms with Gasteiger partial charge in [0.05, 0.1) is 6.21 Å². The van der Waals surface area contributed by atoms with Crippen molar-refractivity contribution < 1.29 is 0 Å². The molecule has 0 saturated carbocycles. The molecule has 1 rings (SSSR count). The number of nitrogens with zero attached hydrogens (tertiary/aromatic N) is 2. The second-order valence-corrected chi connectivity index (χ2v) is 1.77. The zero-order chi connectivity index (χ0) is 7.23. The van der Waals surface area contributed by atoms with Gasteiger partial charge in [-0.25, -0.2) is 0 Å². The van der Waals surface area contributed by atoms with Gasteiger partial charge in [-0.3, -0.25) is 4.98 Å². The molecule has 0 aromatic carbocycles. The average Bonchev–Trinajstić information content (AvgIpc) is 2.03. The van der Waals surface area contributed by atoms with Crippen LogP contribution in [0, 0.1) is 0 Å². The van der Waals surface area contributed by atoms with Crippen LogP contribution in [0.2, 0.25) is 0 Å². The summed E-state index contributed by atoms with van der Waals surface area (Å²) in [6.45, 7) is 0. The van der Waals surface area contributed by atoms with E-state index in [1.54, 1.807) is 25.7 Å². The predicted molar refractivity (Wildman–Crippen MR) is 40.9 cm³/mol. The highest BCUT2D eigenvalue weighted by Gasteiger charge is 1.81. The van der Waals surface area contributed by atoms with Crippen molar-refractivity contribution in [1.29, 1.82) is 0 Å². The number of hydrogen-bond donors (Lipinski definition) is 1. The summed E-state index contributed by atoms with van der Waals surface area (Å²) in [6, 6.07) is 3.81.